The third-order valence-electron chi connectivity index (χ3n) is 2.62. The van der Waals surface area contributed by atoms with Gasteiger partial charge in [-0.15, -0.1) is 0 Å². The Morgan fingerprint density at radius 3 is 2.67 bits per heavy atom. The number of hydrogen-bond acceptors (Lipinski definition) is 2. The van der Waals surface area contributed by atoms with Crippen LogP contribution in [0.4, 0.5) is 0 Å². The smallest absolute Gasteiger partial charge is 0.166 e. The fraction of sp³-hybridized carbons (Fsp3) is 0.909. The van der Waals surface area contributed by atoms with Crippen molar-refractivity contribution < 1.29 is 4.74 Å². The van der Waals surface area contributed by atoms with Crippen LogP contribution in [0.15, 0.2) is 0 Å². The summed E-state index contributed by atoms with van der Waals surface area (Å²) in [6.07, 6.45) is 3.56. The first-order chi connectivity index (χ1) is 7.03. The van der Waals surface area contributed by atoms with E-state index in [2.05, 4.69) is 24.5 Å². The highest BCUT2D eigenvalue weighted by Gasteiger charge is 2.23. The van der Waals surface area contributed by atoms with Gasteiger partial charge in [-0.2, -0.15) is 0 Å². The number of ether oxygens (including phenoxy) is 1. The molecule has 1 aliphatic carbocycles. The maximum absolute atomic E-state index is 5.20. The second kappa shape index (κ2) is 5.66. The van der Waals surface area contributed by atoms with Gasteiger partial charge in [-0.3, -0.25) is 0 Å². The van der Waals surface area contributed by atoms with Gasteiger partial charge in [0.1, 0.15) is 0 Å². The monoisotopic (exact) mass is 230 g/mol. The average molecular weight is 230 g/mol. The molecule has 0 aliphatic heterocycles. The third-order valence-corrected chi connectivity index (χ3v) is 2.89. The van der Waals surface area contributed by atoms with E-state index in [0.29, 0.717) is 6.04 Å². The van der Waals surface area contributed by atoms with E-state index < -0.39 is 0 Å². The summed E-state index contributed by atoms with van der Waals surface area (Å²) in [5.74, 6) is 0. The van der Waals surface area contributed by atoms with Gasteiger partial charge in [0, 0.05) is 26.3 Å². The standard InChI is InChI=1S/C11H22N2OS/c1-11(2,6-7-14-3)8-12-10(15)13-9-4-5-9/h9H,4-8H2,1-3H3,(H2,12,13,15). The zero-order valence-corrected chi connectivity index (χ0v) is 10.7. The topological polar surface area (TPSA) is 33.3 Å². The van der Waals surface area contributed by atoms with Gasteiger partial charge in [-0.1, -0.05) is 13.8 Å². The van der Waals surface area contributed by atoms with Crippen molar-refractivity contribution in [1.29, 1.82) is 0 Å². The summed E-state index contributed by atoms with van der Waals surface area (Å²) in [5.41, 5.74) is 0.227. The van der Waals surface area contributed by atoms with Gasteiger partial charge in [0.25, 0.3) is 0 Å². The minimum absolute atomic E-state index is 0.227. The Balaban J connectivity index is 2.12. The minimum Gasteiger partial charge on any atom is -0.385 e. The van der Waals surface area contributed by atoms with Crippen LogP contribution in [0, 0.1) is 5.41 Å². The molecular formula is C11H22N2OS. The molecule has 2 N–H and O–H groups in total. The molecule has 0 radical (unpaired) electrons. The second-order valence-electron chi connectivity index (χ2n) is 5.01. The Hall–Kier alpha value is -0.350. The van der Waals surface area contributed by atoms with Gasteiger partial charge in [0.15, 0.2) is 5.11 Å². The van der Waals surface area contributed by atoms with Gasteiger partial charge in [0.2, 0.25) is 0 Å². The zero-order valence-electron chi connectivity index (χ0n) is 9.93. The van der Waals surface area contributed by atoms with Crippen LogP contribution in [-0.2, 0) is 4.74 Å². The van der Waals surface area contributed by atoms with Crippen molar-refractivity contribution in [1.82, 2.24) is 10.6 Å². The van der Waals surface area contributed by atoms with Crippen LogP contribution in [0.1, 0.15) is 33.1 Å². The Kier molecular flexibility index (Phi) is 4.80. The Morgan fingerprint density at radius 1 is 1.47 bits per heavy atom. The van der Waals surface area contributed by atoms with Crippen molar-refractivity contribution in [2.24, 2.45) is 5.41 Å². The molecule has 1 aliphatic rings. The number of methoxy groups -OCH3 is 1. The molecule has 1 saturated carbocycles. The normalized spacial score (nSPS) is 16.2. The third kappa shape index (κ3) is 5.95. The first-order valence-electron chi connectivity index (χ1n) is 5.57. The molecule has 1 fully saturated rings. The summed E-state index contributed by atoms with van der Waals surface area (Å²) in [6.45, 7) is 6.14. The quantitative estimate of drug-likeness (QED) is 0.680. The van der Waals surface area contributed by atoms with Crippen LogP contribution in [0.3, 0.4) is 0 Å². The van der Waals surface area contributed by atoms with E-state index in [0.717, 1.165) is 24.7 Å². The van der Waals surface area contributed by atoms with E-state index in [9.17, 15) is 0 Å². The van der Waals surface area contributed by atoms with Gasteiger partial charge >= 0.3 is 0 Å². The molecule has 0 unspecified atom stereocenters. The van der Waals surface area contributed by atoms with Crippen molar-refractivity contribution in [2.45, 2.75) is 39.2 Å². The molecule has 0 heterocycles. The fourth-order valence-corrected chi connectivity index (χ4v) is 1.49. The Labute approximate surface area is 98.0 Å². The van der Waals surface area contributed by atoms with Gasteiger partial charge in [-0.25, -0.2) is 0 Å². The minimum atomic E-state index is 0.227. The first-order valence-corrected chi connectivity index (χ1v) is 5.98. The highest BCUT2D eigenvalue weighted by molar-refractivity contribution is 7.80. The van der Waals surface area contributed by atoms with Crippen molar-refractivity contribution in [3.63, 3.8) is 0 Å². The van der Waals surface area contributed by atoms with E-state index in [1.807, 2.05) is 0 Å². The lowest BCUT2D eigenvalue weighted by molar-refractivity contribution is 0.153. The molecule has 15 heavy (non-hydrogen) atoms. The Bertz CT molecular complexity index is 215. The number of hydrogen-bond donors (Lipinski definition) is 2. The molecule has 3 nitrogen and oxygen atoms in total. The molecule has 0 bridgehead atoms. The summed E-state index contributed by atoms with van der Waals surface area (Å²) in [4.78, 5) is 0. The van der Waals surface area contributed by atoms with E-state index in [-0.39, 0.29) is 5.41 Å². The number of nitrogens with one attached hydrogen (secondary N) is 2. The van der Waals surface area contributed by atoms with Crippen LogP contribution in [0.25, 0.3) is 0 Å². The molecule has 4 heteroatoms. The van der Waals surface area contributed by atoms with Crippen LogP contribution < -0.4 is 10.6 Å². The summed E-state index contributed by atoms with van der Waals surface area (Å²) >= 11 is 5.20. The molecule has 0 amide bonds. The highest BCUT2D eigenvalue weighted by atomic mass is 32.1. The van der Waals surface area contributed by atoms with Crippen LogP contribution in [0.2, 0.25) is 0 Å². The molecule has 0 aromatic carbocycles. The molecule has 0 aromatic heterocycles. The van der Waals surface area contributed by atoms with Crippen LogP contribution in [-0.4, -0.2) is 31.4 Å². The lowest BCUT2D eigenvalue weighted by atomic mass is 9.90. The van der Waals surface area contributed by atoms with Gasteiger partial charge in [0.05, 0.1) is 0 Å². The Morgan fingerprint density at radius 2 is 2.13 bits per heavy atom. The molecule has 88 valence electrons. The fourth-order valence-electron chi connectivity index (χ4n) is 1.25. The van der Waals surface area contributed by atoms with Gasteiger partial charge < -0.3 is 15.4 Å². The van der Waals surface area contributed by atoms with Gasteiger partial charge in [-0.05, 0) is 36.9 Å². The lowest BCUT2D eigenvalue weighted by Gasteiger charge is -2.25. The predicted molar refractivity (Wildman–Crippen MR) is 67.0 cm³/mol. The van der Waals surface area contributed by atoms with E-state index in [4.69, 9.17) is 17.0 Å². The molecule has 0 saturated heterocycles. The van der Waals surface area contributed by atoms with Crippen LogP contribution in [0.5, 0.6) is 0 Å². The SMILES string of the molecule is COCCC(C)(C)CNC(=S)NC1CC1. The lowest BCUT2D eigenvalue weighted by Crippen LogP contribution is -2.41. The van der Waals surface area contributed by atoms with Crippen molar-refractivity contribution in [2.75, 3.05) is 20.3 Å². The first kappa shape index (κ1) is 12.7. The molecule has 0 atom stereocenters. The molecule has 1 rings (SSSR count). The van der Waals surface area contributed by atoms with Crippen molar-refractivity contribution >= 4 is 17.3 Å². The summed E-state index contributed by atoms with van der Waals surface area (Å²) in [6, 6.07) is 0.632. The average Bonchev–Trinajstić information content (AvgIpc) is 2.96. The summed E-state index contributed by atoms with van der Waals surface area (Å²) in [7, 11) is 1.74. The molecular weight excluding hydrogens is 208 g/mol. The number of rotatable bonds is 6. The summed E-state index contributed by atoms with van der Waals surface area (Å²) < 4.78 is 5.08. The highest BCUT2D eigenvalue weighted by Crippen LogP contribution is 2.20. The number of thiocarbonyl (C=S) groups is 1. The molecule has 0 aromatic rings. The van der Waals surface area contributed by atoms with E-state index >= 15 is 0 Å². The van der Waals surface area contributed by atoms with Crippen molar-refractivity contribution in [3.8, 4) is 0 Å². The predicted octanol–water partition coefficient (Wildman–Crippen LogP) is 1.68. The van der Waals surface area contributed by atoms with E-state index in [1.165, 1.54) is 12.8 Å². The maximum atomic E-state index is 5.20. The maximum Gasteiger partial charge on any atom is 0.166 e. The largest absolute Gasteiger partial charge is 0.385 e. The summed E-state index contributed by atoms with van der Waals surface area (Å²) in [5, 5.41) is 7.33. The van der Waals surface area contributed by atoms with Crippen LogP contribution >= 0.6 is 12.2 Å². The van der Waals surface area contributed by atoms with Crippen molar-refractivity contribution in [3.05, 3.63) is 0 Å². The van der Waals surface area contributed by atoms with E-state index in [1.54, 1.807) is 7.11 Å². The molecule has 0 spiro atoms. The second-order valence-corrected chi connectivity index (χ2v) is 5.42. The zero-order chi connectivity index (χ0) is 11.3.